The molecule has 0 bridgehead atoms. The van der Waals surface area contributed by atoms with Crippen LogP contribution in [0.3, 0.4) is 0 Å². The molecule has 5 heteroatoms. The Morgan fingerprint density at radius 3 is 2.77 bits per heavy atom. The van der Waals surface area contributed by atoms with E-state index in [0.717, 1.165) is 45.0 Å². The zero-order valence-electron chi connectivity index (χ0n) is 14.7. The highest BCUT2D eigenvalue weighted by Crippen LogP contribution is 2.51. The van der Waals surface area contributed by atoms with Gasteiger partial charge >= 0.3 is 0 Å². The van der Waals surface area contributed by atoms with Crippen LogP contribution >= 0.6 is 0 Å². The summed E-state index contributed by atoms with van der Waals surface area (Å²) in [6.07, 6.45) is 5.30. The van der Waals surface area contributed by atoms with Crippen molar-refractivity contribution in [2.24, 2.45) is 10.4 Å². The van der Waals surface area contributed by atoms with E-state index in [1.165, 1.54) is 5.57 Å². The first-order chi connectivity index (χ1) is 10.4. The molecule has 0 aromatic heterocycles. The van der Waals surface area contributed by atoms with Gasteiger partial charge in [-0.05, 0) is 26.2 Å². The number of hydrogen-bond donors (Lipinski definition) is 2. The number of rotatable bonds is 5. The zero-order valence-corrected chi connectivity index (χ0v) is 14.7. The van der Waals surface area contributed by atoms with Crippen LogP contribution in [0.15, 0.2) is 16.6 Å². The van der Waals surface area contributed by atoms with E-state index in [2.05, 4.69) is 42.5 Å². The lowest BCUT2D eigenvalue weighted by Crippen LogP contribution is -2.69. The van der Waals surface area contributed by atoms with Gasteiger partial charge in [-0.15, -0.1) is 0 Å². The molecule has 0 amide bonds. The topological polar surface area (TPSA) is 54.9 Å². The van der Waals surface area contributed by atoms with Crippen LogP contribution in [0.25, 0.3) is 0 Å². The van der Waals surface area contributed by atoms with Crippen molar-refractivity contribution in [3.05, 3.63) is 11.6 Å². The maximum absolute atomic E-state index is 5.68. The molecule has 1 aliphatic heterocycles. The van der Waals surface area contributed by atoms with E-state index in [-0.39, 0.29) is 11.0 Å². The standard InChI is InChI=1S/C17H31N3O2/c1-16(2)14(12-17(16,3)21-5)20-15(18-4)19-9-6-13-7-10-22-11-8-13/h7,14H,6,8-12H2,1-5H3,(H2,18,19,20). The molecule has 0 radical (unpaired) electrons. The Morgan fingerprint density at radius 2 is 2.23 bits per heavy atom. The Morgan fingerprint density at radius 1 is 1.45 bits per heavy atom. The summed E-state index contributed by atoms with van der Waals surface area (Å²) in [6.45, 7) is 9.19. The summed E-state index contributed by atoms with van der Waals surface area (Å²) >= 11 is 0. The van der Waals surface area contributed by atoms with Gasteiger partial charge in [0, 0.05) is 32.2 Å². The first kappa shape index (κ1) is 17.3. The summed E-state index contributed by atoms with van der Waals surface area (Å²) in [4.78, 5) is 4.34. The van der Waals surface area contributed by atoms with Crippen molar-refractivity contribution in [2.45, 2.75) is 51.7 Å². The van der Waals surface area contributed by atoms with Gasteiger partial charge < -0.3 is 20.1 Å². The second-order valence-electron chi connectivity index (χ2n) is 6.99. The van der Waals surface area contributed by atoms with Crippen molar-refractivity contribution in [2.75, 3.05) is 33.9 Å². The minimum atomic E-state index is -0.0591. The predicted molar refractivity (Wildman–Crippen MR) is 90.2 cm³/mol. The molecule has 2 unspecified atom stereocenters. The molecule has 126 valence electrons. The van der Waals surface area contributed by atoms with Crippen LogP contribution in [0, 0.1) is 5.41 Å². The second-order valence-corrected chi connectivity index (χ2v) is 6.99. The van der Waals surface area contributed by atoms with Crippen LogP contribution in [0.4, 0.5) is 0 Å². The van der Waals surface area contributed by atoms with Gasteiger partial charge in [0.05, 0.1) is 18.8 Å². The molecule has 2 aliphatic rings. The van der Waals surface area contributed by atoms with E-state index in [4.69, 9.17) is 9.47 Å². The van der Waals surface area contributed by atoms with Crippen LogP contribution < -0.4 is 10.6 Å². The Kier molecular flexibility index (Phi) is 5.50. The molecule has 0 spiro atoms. The first-order valence-corrected chi connectivity index (χ1v) is 8.21. The van der Waals surface area contributed by atoms with E-state index in [9.17, 15) is 0 Å². The Balaban J connectivity index is 1.78. The van der Waals surface area contributed by atoms with Gasteiger partial charge in [-0.25, -0.2) is 0 Å². The van der Waals surface area contributed by atoms with Crippen molar-refractivity contribution in [1.29, 1.82) is 0 Å². The van der Waals surface area contributed by atoms with Crippen LogP contribution in [0.1, 0.15) is 40.0 Å². The van der Waals surface area contributed by atoms with Crippen LogP contribution in [0.2, 0.25) is 0 Å². The van der Waals surface area contributed by atoms with Crippen LogP contribution in [-0.2, 0) is 9.47 Å². The Bertz CT molecular complexity index is 445. The fraction of sp³-hybridized carbons (Fsp3) is 0.824. The molecule has 0 aromatic carbocycles. The van der Waals surface area contributed by atoms with Crippen molar-refractivity contribution < 1.29 is 9.47 Å². The largest absolute Gasteiger partial charge is 0.378 e. The fourth-order valence-electron chi connectivity index (χ4n) is 3.22. The average Bonchev–Trinajstić information content (AvgIpc) is 2.53. The molecule has 2 atom stereocenters. The lowest BCUT2D eigenvalue weighted by Gasteiger charge is -2.59. The minimum absolute atomic E-state index is 0.0591. The quantitative estimate of drug-likeness (QED) is 0.464. The van der Waals surface area contributed by atoms with Crippen LogP contribution in [-0.4, -0.2) is 51.5 Å². The summed E-state index contributed by atoms with van der Waals surface area (Å²) in [5.74, 6) is 0.879. The van der Waals surface area contributed by atoms with Gasteiger partial charge in [0.25, 0.3) is 0 Å². The second kappa shape index (κ2) is 7.01. The molecule has 22 heavy (non-hydrogen) atoms. The Labute approximate surface area is 134 Å². The van der Waals surface area contributed by atoms with E-state index in [1.807, 2.05) is 7.05 Å². The SMILES string of the molecule is CN=C(NCCC1=CCOCC1)NC1CC(C)(OC)C1(C)C. The maximum Gasteiger partial charge on any atom is 0.191 e. The molecule has 0 aromatic rings. The highest BCUT2D eigenvalue weighted by molar-refractivity contribution is 5.80. The molecule has 5 nitrogen and oxygen atoms in total. The lowest BCUT2D eigenvalue weighted by molar-refractivity contribution is -0.176. The third kappa shape index (κ3) is 3.46. The lowest BCUT2D eigenvalue weighted by atomic mass is 9.56. The molecule has 1 aliphatic carbocycles. The third-order valence-corrected chi connectivity index (χ3v) is 5.61. The molecule has 0 saturated heterocycles. The maximum atomic E-state index is 5.68. The van der Waals surface area contributed by atoms with Gasteiger partial charge in [-0.2, -0.15) is 0 Å². The smallest absolute Gasteiger partial charge is 0.191 e. The Hall–Kier alpha value is -1.07. The molecular formula is C17H31N3O2. The fourth-order valence-corrected chi connectivity index (χ4v) is 3.22. The number of nitrogens with zero attached hydrogens (tertiary/aromatic N) is 1. The van der Waals surface area contributed by atoms with Gasteiger partial charge in [0.2, 0.25) is 0 Å². The molecular weight excluding hydrogens is 278 g/mol. The molecule has 2 N–H and O–H groups in total. The van der Waals surface area contributed by atoms with Crippen molar-refractivity contribution in [3.8, 4) is 0 Å². The molecule has 1 fully saturated rings. The normalized spacial score (nSPS) is 31.2. The summed E-state index contributed by atoms with van der Waals surface area (Å²) in [5.41, 5.74) is 1.50. The highest BCUT2D eigenvalue weighted by atomic mass is 16.5. The third-order valence-electron chi connectivity index (χ3n) is 5.61. The predicted octanol–water partition coefficient (Wildman–Crippen LogP) is 2.09. The average molecular weight is 309 g/mol. The highest BCUT2D eigenvalue weighted by Gasteiger charge is 2.58. The number of ether oxygens (including phenoxy) is 2. The van der Waals surface area contributed by atoms with Gasteiger partial charge in [-0.1, -0.05) is 25.5 Å². The monoisotopic (exact) mass is 309 g/mol. The number of guanidine groups is 1. The number of methoxy groups -OCH3 is 1. The van der Waals surface area contributed by atoms with Crippen molar-refractivity contribution >= 4 is 5.96 Å². The number of aliphatic imine (C=N–C) groups is 1. The van der Waals surface area contributed by atoms with E-state index in [0.29, 0.717) is 6.04 Å². The molecule has 1 saturated carbocycles. The number of hydrogen-bond acceptors (Lipinski definition) is 3. The van der Waals surface area contributed by atoms with E-state index >= 15 is 0 Å². The van der Waals surface area contributed by atoms with Crippen molar-refractivity contribution in [3.63, 3.8) is 0 Å². The van der Waals surface area contributed by atoms with Gasteiger partial charge in [0.1, 0.15) is 0 Å². The minimum Gasteiger partial charge on any atom is -0.378 e. The molecule has 1 heterocycles. The van der Waals surface area contributed by atoms with Crippen LogP contribution in [0.5, 0.6) is 0 Å². The molecule has 2 rings (SSSR count). The van der Waals surface area contributed by atoms with Gasteiger partial charge in [0.15, 0.2) is 5.96 Å². The van der Waals surface area contributed by atoms with E-state index < -0.39 is 0 Å². The van der Waals surface area contributed by atoms with Crippen molar-refractivity contribution in [1.82, 2.24) is 10.6 Å². The zero-order chi connectivity index (χ0) is 16.2. The van der Waals surface area contributed by atoms with E-state index in [1.54, 1.807) is 7.11 Å². The number of nitrogens with one attached hydrogen (secondary N) is 2. The summed E-state index contributed by atoms with van der Waals surface area (Å²) in [7, 11) is 3.62. The summed E-state index contributed by atoms with van der Waals surface area (Å²) in [5, 5.41) is 6.95. The summed E-state index contributed by atoms with van der Waals surface area (Å²) < 4.78 is 11.0. The summed E-state index contributed by atoms with van der Waals surface area (Å²) in [6, 6.07) is 0.381. The first-order valence-electron chi connectivity index (χ1n) is 8.21. The van der Waals surface area contributed by atoms with Gasteiger partial charge in [-0.3, -0.25) is 4.99 Å².